The Morgan fingerprint density at radius 3 is 2.09 bits per heavy atom. The molecule has 0 radical (unpaired) electrons. The summed E-state index contributed by atoms with van der Waals surface area (Å²) in [5.41, 5.74) is 0. The van der Waals surface area contributed by atoms with Crippen molar-refractivity contribution in [2.75, 3.05) is 6.61 Å². The third-order valence-electron chi connectivity index (χ3n) is 4.61. The topological polar surface area (TPSA) is 67.4 Å². The molecule has 2 N–H and O–H groups in total. The molecular formula is C17H30N2O3. The van der Waals surface area contributed by atoms with Gasteiger partial charge in [0.1, 0.15) is 0 Å². The fourth-order valence-electron chi connectivity index (χ4n) is 3.12. The van der Waals surface area contributed by atoms with Gasteiger partial charge in [-0.1, -0.05) is 6.92 Å². The summed E-state index contributed by atoms with van der Waals surface area (Å²) in [6.45, 7) is 8.62. The molecule has 0 aromatic carbocycles. The van der Waals surface area contributed by atoms with E-state index < -0.39 is 0 Å². The zero-order valence-electron chi connectivity index (χ0n) is 14.2. The van der Waals surface area contributed by atoms with Crippen LogP contribution >= 0.6 is 0 Å². The standard InChI is InChI=1S/C17H30N2O3/c1-10(2)18-16(20)14-7-15(8-14)22-9-12(4)19-17(21)13-5-11(3)6-13/h10-15H,5-9H2,1-4H3,(H,18,20)(H,19,21). The highest BCUT2D eigenvalue weighted by Gasteiger charge is 2.36. The van der Waals surface area contributed by atoms with Gasteiger partial charge < -0.3 is 15.4 Å². The van der Waals surface area contributed by atoms with Crippen molar-refractivity contribution < 1.29 is 14.3 Å². The molecule has 2 rings (SSSR count). The van der Waals surface area contributed by atoms with E-state index in [-0.39, 0.29) is 41.8 Å². The molecule has 2 aliphatic carbocycles. The van der Waals surface area contributed by atoms with Gasteiger partial charge in [0.05, 0.1) is 12.7 Å². The van der Waals surface area contributed by atoms with E-state index >= 15 is 0 Å². The molecule has 0 saturated heterocycles. The first-order valence-electron chi connectivity index (χ1n) is 8.57. The summed E-state index contributed by atoms with van der Waals surface area (Å²) in [7, 11) is 0. The first-order valence-corrected chi connectivity index (χ1v) is 8.57. The lowest BCUT2D eigenvalue weighted by Crippen LogP contribution is -2.47. The molecule has 0 bridgehead atoms. The number of carbonyl (C=O) groups excluding carboxylic acids is 2. The molecule has 0 heterocycles. The molecular weight excluding hydrogens is 280 g/mol. The second-order valence-corrected chi connectivity index (χ2v) is 7.47. The van der Waals surface area contributed by atoms with Gasteiger partial charge in [0.15, 0.2) is 0 Å². The first kappa shape index (κ1) is 17.3. The van der Waals surface area contributed by atoms with Crippen LogP contribution in [0.3, 0.4) is 0 Å². The molecule has 0 spiro atoms. The summed E-state index contributed by atoms with van der Waals surface area (Å²) in [5, 5.41) is 5.96. The van der Waals surface area contributed by atoms with Crippen molar-refractivity contribution in [3.63, 3.8) is 0 Å². The second-order valence-electron chi connectivity index (χ2n) is 7.47. The second kappa shape index (κ2) is 7.44. The third kappa shape index (κ3) is 4.70. The normalized spacial score (nSPS) is 31.9. The highest BCUT2D eigenvalue weighted by Crippen LogP contribution is 2.33. The number of rotatable bonds is 7. The van der Waals surface area contributed by atoms with Crippen LogP contribution in [0, 0.1) is 17.8 Å². The van der Waals surface area contributed by atoms with Gasteiger partial charge in [-0.05, 0) is 52.4 Å². The maximum atomic E-state index is 11.9. The Morgan fingerprint density at radius 2 is 1.55 bits per heavy atom. The van der Waals surface area contributed by atoms with E-state index in [1.165, 1.54) is 0 Å². The summed E-state index contributed by atoms with van der Waals surface area (Å²) < 4.78 is 5.78. The van der Waals surface area contributed by atoms with Gasteiger partial charge in [-0.2, -0.15) is 0 Å². The minimum atomic E-state index is 0.0342. The van der Waals surface area contributed by atoms with Crippen molar-refractivity contribution in [2.45, 2.75) is 71.6 Å². The van der Waals surface area contributed by atoms with Gasteiger partial charge in [-0.25, -0.2) is 0 Å². The monoisotopic (exact) mass is 310 g/mol. The number of amides is 2. The molecule has 1 unspecified atom stereocenters. The lowest BCUT2D eigenvalue weighted by molar-refractivity contribution is -0.135. The van der Waals surface area contributed by atoms with Crippen LogP contribution in [0.5, 0.6) is 0 Å². The number of hydrogen-bond donors (Lipinski definition) is 2. The van der Waals surface area contributed by atoms with Crippen LogP contribution in [0.1, 0.15) is 53.4 Å². The molecule has 5 heteroatoms. The molecule has 2 saturated carbocycles. The first-order chi connectivity index (χ1) is 10.3. The largest absolute Gasteiger partial charge is 0.376 e. The molecule has 0 aromatic rings. The van der Waals surface area contributed by atoms with E-state index in [9.17, 15) is 9.59 Å². The zero-order chi connectivity index (χ0) is 16.3. The van der Waals surface area contributed by atoms with Crippen molar-refractivity contribution >= 4 is 11.8 Å². The molecule has 0 aromatic heterocycles. The van der Waals surface area contributed by atoms with Crippen LogP contribution in [-0.2, 0) is 14.3 Å². The average Bonchev–Trinajstić information content (AvgIpc) is 2.31. The summed E-state index contributed by atoms with van der Waals surface area (Å²) in [6.07, 6.45) is 3.76. The van der Waals surface area contributed by atoms with Crippen molar-refractivity contribution in [3.8, 4) is 0 Å². The van der Waals surface area contributed by atoms with Crippen molar-refractivity contribution in [3.05, 3.63) is 0 Å². The highest BCUT2D eigenvalue weighted by atomic mass is 16.5. The smallest absolute Gasteiger partial charge is 0.223 e. The fraction of sp³-hybridized carbons (Fsp3) is 0.882. The average molecular weight is 310 g/mol. The van der Waals surface area contributed by atoms with Crippen molar-refractivity contribution in [1.29, 1.82) is 0 Å². The molecule has 2 aliphatic rings. The maximum absolute atomic E-state index is 11.9. The van der Waals surface area contributed by atoms with E-state index in [1.807, 2.05) is 20.8 Å². The highest BCUT2D eigenvalue weighted by molar-refractivity contribution is 5.80. The van der Waals surface area contributed by atoms with E-state index in [4.69, 9.17) is 4.74 Å². The van der Waals surface area contributed by atoms with E-state index in [1.54, 1.807) is 0 Å². The van der Waals surface area contributed by atoms with Crippen LogP contribution in [-0.4, -0.2) is 36.6 Å². The van der Waals surface area contributed by atoms with Gasteiger partial charge in [0, 0.05) is 23.9 Å². The third-order valence-corrected chi connectivity index (χ3v) is 4.61. The Hall–Kier alpha value is -1.10. The van der Waals surface area contributed by atoms with Crippen molar-refractivity contribution in [1.82, 2.24) is 10.6 Å². The van der Waals surface area contributed by atoms with E-state index in [0.717, 1.165) is 25.7 Å². The summed E-state index contributed by atoms with van der Waals surface area (Å²) in [6, 6.07) is 0.226. The van der Waals surface area contributed by atoms with Gasteiger partial charge in [-0.15, -0.1) is 0 Å². The molecule has 1 atom stereocenters. The summed E-state index contributed by atoms with van der Waals surface area (Å²) in [4.78, 5) is 23.7. The van der Waals surface area contributed by atoms with Gasteiger partial charge in [0.2, 0.25) is 11.8 Å². The van der Waals surface area contributed by atoms with Crippen molar-refractivity contribution in [2.24, 2.45) is 17.8 Å². The molecule has 126 valence electrons. The van der Waals surface area contributed by atoms with E-state index in [2.05, 4.69) is 17.6 Å². The summed E-state index contributed by atoms with van der Waals surface area (Å²) in [5.74, 6) is 1.28. The molecule has 5 nitrogen and oxygen atoms in total. The Kier molecular flexibility index (Phi) is 5.84. The molecule has 2 amide bonds. The lowest BCUT2D eigenvalue weighted by Gasteiger charge is -2.36. The van der Waals surface area contributed by atoms with Crippen LogP contribution in [0.15, 0.2) is 0 Å². The van der Waals surface area contributed by atoms with Gasteiger partial charge >= 0.3 is 0 Å². The fourth-order valence-corrected chi connectivity index (χ4v) is 3.12. The SMILES string of the molecule is CC1CC(C(=O)NC(C)COC2CC(C(=O)NC(C)C)C2)C1. The van der Waals surface area contributed by atoms with Gasteiger partial charge in [-0.3, -0.25) is 9.59 Å². The lowest BCUT2D eigenvalue weighted by atomic mass is 9.75. The van der Waals surface area contributed by atoms with E-state index in [0.29, 0.717) is 12.5 Å². The predicted molar refractivity (Wildman–Crippen MR) is 85.2 cm³/mol. The number of ether oxygens (including phenoxy) is 1. The van der Waals surface area contributed by atoms with Crippen LogP contribution in [0.4, 0.5) is 0 Å². The number of carbonyl (C=O) groups is 2. The zero-order valence-corrected chi connectivity index (χ0v) is 14.2. The van der Waals surface area contributed by atoms with Crippen LogP contribution in [0.2, 0.25) is 0 Å². The minimum absolute atomic E-state index is 0.0342. The Bertz CT molecular complexity index is 399. The Balaban J connectivity index is 1.55. The predicted octanol–water partition coefficient (Wildman–Crippen LogP) is 1.86. The number of hydrogen-bond acceptors (Lipinski definition) is 3. The quantitative estimate of drug-likeness (QED) is 0.754. The number of nitrogens with one attached hydrogen (secondary N) is 2. The Labute approximate surface area is 133 Å². The van der Waals surface area contributed by atoms with Crippen LogP contribution in [0.25, 0.3) is 0 Å². The maximum Gasteiger partial charge on any atom is 0.223 e. The summed E-state index contributed by atoms with van der Waals surface area (Å²) >= 11 is 0. The Morgan fingerprint density at radius 1 is 1.00 bits per heavy atom. The minimum Gasteiger partial charge on any atom is -0.376 e. The van der Waals surface area contributed by atoms with Crippen LogP contribution < -0.4 is 10.6 Å². The van der Waals surface area contributed by atoms with Gasteiger partial charge in [0.25, 0.3) is 0 Å². The molecule has 22 heavy (non-hydrogen) atoms. The molecule has 2 fully saturated rings. The molecule has 0 aliphatic heterocycles.